The van der Waals surface area contributed by atoms with E-state index in [9.17, 15) is 13.2 Å². The van der Waals surface area contributed by atoms with Crippen LogP contribution in [0.4, 0.5) is 10.7 Å². The summed E-state index contributed by atoms with van der Waals surface area (Å²) in [6, 6.07) is 0. The predicted octanol–water partition coefficient (Wildman–Crippen LogP) is 1.64. The molecular formula is C11H18N2O3S2. The van der Waals surface area contributed by atoms with Crippen LogP contribution in [0.3, 0.4) is 0 Å². The van der Waals surface area contributed by atoms with Crippen LogP contribution >= 0.6 is 11.3 Å². The number of carbonyl (C=O) groups is 1. The number of thiophene rings is 1. The Kier molecular flexibility index (Phi) is 4.07. The number of nitrogens with two attached hydrogens (primary N) is 1. The third kappa shape index (κ3) is 2.67. The Morgan fingerprint density at radius 1 is 1.33 bits per heavy atom. The zero-order valence-corrected chi connectivity index (χ0v) is 12.8. The maximum absolute atomic E-state index is 12.0. The van der Waals surface area contributed by atoms with Gasteiger partial charge in [0.2, 0.25) is 0 Å². The number of anilines is 2. The van der Waals surface area contributed by atoms with Gasteiger partial charge in [-0.05, 0) is 0 Å². The highest BCUT2D eigenvalue weighted by molar-refractivity contribution is 7.91. The normalized spacial score (nSPS) is 11.9. The molecule has 0 aromatic carbocycles. The van der Waals surface area contributed by atoms with Crippen molar-refractivity contribution in [3.8, 4) is 0 Å². The Bertz CT molecular complexity index is 571. The highest BCUT2D eigenvalue weighted by atomic mass is 32.2. The molecule has 5 nitrogen and oxygen atoms in total. The van der Waals surface area contributed by atoms with Gasteiger partial charge in [0.1, 0.15) is 9.90 Å². The summed E-state index contributed by atoms with van der Waals surface area (Å²) < 4.78 is 23.5. The van der Waals surface area contributed by atoms with Gasteiger partial charge in [-0.1, -0.05) is 13.8 Å². The van der Waals surface area contributed by atoms with Crippen LogP contribution in [0.5, 0.6) is 0 Å². The molecule has 0 fully saturated rings. The average molecular weight is 290 g/mol. The molecule has 0 amide bonds. The number of sulfone groups is 1. The number of hydrogen-bond donors (Lipinski definition) is 1. The number of hydrogen-bond acceptors (Lipinski definition) is 6. The van der Waals surface area contributed by atoms with Gasteiger partial charge in [-0.3, -0.25) is 4.79 Å². The van der Waals surface area contributed by atoms with Crippen LogP contribution in [0.25, 0.3) is 0 Å². The summed E-state index contributed by atoms with van der Waals surface area (Å²) in [5.74, 6) is -0.344. The van der Waals surface area contributed by atoms with Gasteiger partial charge in [-0.15, -0.1) is 11.3 Å². The molecule has 0 aliphatic rings. The van der Waals surface area contributed by atoms with Crippen LogP contribution in [0, 0.1) is 5.92 Å². The summed E-state index contributed by atoms with van der Waals surface area (Å²) in [5.41, 5.74) is 5.92. The molecule has 7 heteroatoms. The molecule has 0 saturated heterocycles. The van der Waals surface area contributed by atoms with Crippen molar-refractivity contribution in [2.45, 2.75) is 18.7 Å². The number of ketones is 1. The van der Waals surface area contributed by atoms with Crippen LogP contribution in [0.1, 0.15) is 23.5 Å². The smallest absolute Gasteiger partial charge is 0.180 e. The van der Waals surface area contributed by atoms with Gasteiger partial charge in [-0.2, -0.15) is 0 Å². The van der Waals surface area contributed by atoms with Crippen LogP contribution in [-0.4, -0.2) is 34.6 Å². The Balaban J connectivity index is 3.58. The molecule has 0 aliphatic carbocycles. The second-order valence-electron chi connectivity index (χ2n) is 4.66. The zero-order valence-electron chi connectivity index (χ0n) is 11.1. The number of nitrogens with zero attached hydrogens (tertiary/aromatic N) is 1. The van der Waals surface area contributed by atoms with Crippen LogP contribution < -0.4 is 10.6 Å². The monoisotopic (exact) mass is 290 g/mol. The van der Waals surface area contributed by atoms with Crippen molar-refractivity contribution in [3.63, 3.8) is 0 Å². The number of carbonyl (C=O) groups excluding carboxylic acids is 1. The molecule has 2 N–H and O–H groups in total. The first kappa shape index (κ1) is 15.0. The van der Waals surface area contributed by atoms with Crippen LogP contribution in [-0.2, 0) is 9.84 Å². The Hall–Kier alpha value is -1.08. The van der Waals surface area contributed by atoms with Gasteiger partial charge in [0.15, 0.2) is 15.6 Å². The first-order valence-corrected chi connectivity index (χ1v) is 8.12. The summed E-state index contributed by atoms with van der Waals surface area (Å²) in [7, 11) is -0.00447. The molecule has 18 heavy (non-hydrogen) atoms. The molecular weight excluding hydrogens is 272 g/mol. The van der Waals surface area contributed by atoms with E-state index in [1.165, 1.54) is 0 Å². The van der Waals surface area contributed by atoms with E-state index >= 15 is 0 Å². The summed E-state index contributed by atoms with van der Waals surface area (Å²) in [5, 5.41) is 0.499. The highest BCUT2D eigenvalue weighted by Crippen LogP contribution is 2.41. The fourth-order valence-corrected chi connectivity index (χ4v) is 4.29. The highest BCUT2D eigenvalue weighted by Gasteiger charge is 2.28. The van der Waals surface area contributed by atoms with Crippen molar-refractivity contribution >= 4 is 37.6 Å². The molecule has 0 spiro atoms. The fraction of sp³-hybridized carbons (Fsp3) is 0.545. The molecule has 0 radical (unpaired) electrons. The van der Waals surface area contributed by atoms with E-state index in [1.54, 1.807) is 32.8 Å². The van der Waals surface area contributed by atoms with E-state index in [4.69, 9.17) is 5.73 Å². The van der Waals surface area contributed by atoms with Crippen LogP contribution in [0.15, 0.2) is 4.90 Å². The maximum atomic E-state index is 12.0. The van der Waals surface area contributed by atoms with Crippen molar-refractivity contribution in [2.75, 3.05) is 31.0 Å². The lowest BCUT2D eigenvalue weighted by Crippen LogP contribution is -2.12. The molecule has 0 unspecified atom stereocenters. The summed E-state index contributed by atoms with van der Waals surface area (Å²) >= 11 is 1.13. The van der Waals surface area contributed by atoms with Crippen molar-refractivity contribution in [2.24, 2.45) is 5.92 Å². The summed E-state index contributed by atoms with van der Waals surface area (Å²) in [4.78, 5) is 14.0. The molecule has 0 aliphatic heterocycles. The maximum Gasteiger partial charge on any atom is 0.180 e. The predicted molar refractivity (Wildman–Crippen MR) is 75.3 cm³/mol. The largest absolute Gasteiger partial charge is 0.396 e. The molecule has 102 valence electrons. The van der Waals surface area contributed by atoms with E-state index in [2.05, 4.69) is 0 Å². The van der Waals surface area contributed by atoms with Gasteiger partial charge in [-0.25, -0.2) is 8.42 Å². The van der Waals surface area contributed by atoms with E-state index in [0.717, 1.165) is 17.6 Å². The van der Waals surface area contributed by atoms with Gasteiger partial charge in [0.25, 0.3) is 0 Å². The van der Waals surface area contributed by atoms with Crippen molar-refractivity contribution < 1.29 is 13.2 Å². The molecule has 1 aromatic rings. The van der Waals surface area contributed by atoms with E-state index in [-0.39, 0.29) is 22.3 Å². The number of nitrogen functional groups attached to an aromatic ring is 1. The van der Waals surface area contributed by atoms with Crippen molar-refractivity contribution in [1.29, 1.82) is 0 Å². The lowest BCUT2D eigenvalue weighted by atomic mass is 10.1. The lowest BCUT2D eigenvalue weighted by Gasteiger charge is -2.11. The molecule has 0 atom stereocenters. The molecule has 1 rings (SSSR count). The average Bonchev–Trinajstić information content (AvgIpc) is 2.54. The molecule has 0 bridgehead atoms. The minimum atomic E-state index is -3.46. The third-order valence-electron chi connectivity index (χ3n) is 2.41. The fourth-order valence-electron chi connectivity index (χ4n) is 1.51. The van der Waals surface area contributed by atoms with Crippen molar-refractivity contribution in [1.82, 2.24) is 0 Å². The zero-order chi connectivity index (χ0) is 14.2. The second-order valence-corrected chi connectivity index (χ2v) is 7.62. The van der Waals surface area contributed by atoms with Gasteiger partial charge in [0.05, 0.1) is 10.6 Å². The third-order valence-corrected chi connectivity index (χ3v) is 5.08. The Morgan fingerprint density at radius 3 is 2.11 bits per heavy atom. The van der Waals surface area contributed by atoms with Crippen LogP contribution in [0.2, 0.25) is 0 Å². The van der Waals surface area contributed by atoms with E-state index in [0.29, 0.717) is 9.88 Å². The summed E-state index contributed by atoms with van der Waals surface area (Å²) in [6.07, 6.45) is 1.10. The van der Waals surface area contributed by atoms with Gasteiger partial charge >= 0.3 is 0 Å². The second kappa shape index (κ2) is 4.89. The first-order chi connectivity index (χ1) is 8.07. The Labute approximate surface area is 112 Å². The standard InChI is InChI=1S/C11H18N2O3S2/c1-6(2)8(14)9-7(12)10(18(5,15)16)11(17-9)13(3)4/h6H,12H2,1-5H3. The number of Topliss-reactive ketones (excluding diaryl/α,β-unsaturated/α-hetero) is 1. The van der Waals surface area contributed by atoms with Crippen molar-refractivity contribution in [3.05, 3.63) is 4.88 Å². The molecule has 1 aromatic heterocycles. The molecule has 1 heterocycles. The minimum Gasteiger partial charge on any atom is -0.396 e. The Morgan fingerprint density at radius 2 is 1.83 bits per heavy atom. The summed E-state index contributed by atoms with van der Waals surface area (Å²) in [6.45, 7) is 3.52. The van der Waals surface area contributed by atoms with Gasteiger partial charge in [0, 0.05) is 26.3 Å². The topological polar surface area (TPSA) is 80.5 Å². The first-order valence-electron chi connectivity index (χ1n) is 5.41. The SMILES string of the molecule is CC(C)C(=O)c1sc(N(C)C)c(S(C)(=O)=O)c1N. The lowest BCUT2D eigenvalue weighted by molar-refractivity contribution is 0.0944. The number of rotatable bonds is 4. The minimum absolute atomic E-state index is 0.0569. The quantitative estimate of drug-likeness (QED) is 0.853. The van der Waals surface area contributed by atoms with E-state index in [1.807, 2.05) is 0 Å². The van der Waals surface area contributed by atoms with E-state index < -0.39 is 9.84 Å². The van der Waals surface area contributed by atoms with Gasteiger partial charge < -0.3 is 10.6 Å². The molecule has 0 saturated carbocycles.